The van der Waals surface area contributed by atoms with Crippen molar-refractivity contribution in [2.75, 3.05) is 31.3 Å². The molecular weight excluding hydrogens is 445 g/mol. The second-order valence-corrected chi connectivity index (χ2v) is 9.21. The Bertz CT molecular complexity index is 1180. The largest absolute Gasteiger partial charge is 0.480 e. The van der Waals surface area contributed by atoms with Crippen molar-refractivity contribution < 1.29 is 19.3 Å². The van der Waals surface area contributed by atoms with Crippen LogP contribution in [0.25, 0.3) is 10.8 Å². The highest BCUT2D eigenvalue weighted by molar-refractivity contribution is 7.45. The van der Waals surface area contributed by atoms with E-state index in [1.807, 2.05) is 6.07 Å². The standard InChI is InChI=1S/C22H26N5O5P/c1-32-21-20-16(12-19(25-21)26-9-5-15(6-10-26)7-11-33(30)31)13-24-27(22(20)29)14-18(28)17-4-2-3-8-23-17/h2-4,8,12-13,15,30-31H,5-7,9-11,14H2,1H3. The smallest absolute Gasteiger partial charge is 0.280 e. The van der Waals surface area contributed by atoms with Crippen molar-refractivity contribution >= 4 is 30.7 Å². The number of hydrogen-bond donors (Lipinski definition) is 2. The van der Waals surface area contributed by atoms with Crippen LogP contribution in [-0.2, 0) is 6.54 Å². The molecule has 1 aliphatic heterocycles. The highest BCUT2D eigenvalue weighted by Crippen LogP contribution is 2.32. The maximum absolute atomic E-state index is 13.1. The summed E-state index contributed by atoms with van der Waals surface area (Å²) >= 11 is 0. The van der Waals surface area contributed by atoms with Crippen LogP contribution in [0.15, 0.2) is 41.5 Å². The first-order valence-electron chi connectivity index (χ1n) is 10.8. The van der Waals surface area contributed by atoms with Crippen LogP contribution < -0.4 is 15.2 Å². The van der Waals surface area contributed by atoms with Gasteiger partial charge in [-0.05, 0) is 43.4 Å². The molecule has 0 spiro atoms. The van der Waals surface area contributed by atoms with Crippen LogP contribution in [0.1, 0.15) is 29.8 Å². The van der Waals surface area contributed by atoms with Gasteiger partial charge in [-0.2, -0.15) is 10.1 Å². The molecule has 0 saturated carbocycles. The van der Waals surface area contributed by atoms with E-state index in [9.17, 15) is 9.59 Å². The molecule has 4 rings (SSSR count). The number of pyridine rings is 2. The summed E-state index contributed by atoms with van der Waals surface area (Å²) in [5.41, 5.74) is -0.180. The number of carbonyl (C=O) groups is 1. The van der Waals surface area contributed by atoms with Crippen LogP contribution in [0.5, 0.6) is 5.88 Å². The molecule has 4 heterocycles. The van der Waals surface area contributed by atoms with Crippen molar-refractivity contribution in [3.63, 3.8) is 0 Å². The lowest BCUT2D eigenvalue weighted by Crippen LogP contribution is -2.34. The third kappa shape index (κ3) is 5.35. The Morgan fingerprint density at radius 2 is 2.06 bits per heavy atom. The van der Waals surface area contributed by atoms with Gasteiger partial charge in [0.1, 0.15) is 23.4 Å². The first kappa shape index (κ1) is 23.2. The van der Waals surface area contributed by atoms with E-state index in [0.29, 0.717) is 23.3 Å². The van der Waals surface area contributed by atoms with E-state index in [1.54, 1.807) is 24.4 Å². The van der Waals surface area contributed by atoms with Crippen LogP contribution >= 0.6 is 8.38 Å². The minimum Gasteiger partial charge on any atom is -0.480 e. The molecule has 1 saturated heterocycles. The molecule has 0 bridgehead atoms. The Morgan fingerprint density at radius 1 is 1.27 bits per heavy atom. The maximum Gasteiger partial charge on any atom is 0.280 e. The maximum atomic E-state index is 13.1. The molecule has 0 radical (unpaired) electrons. The SMILES string of the molecule is COc1nc(N2CCC(CCP(O)O)CC2)cc2cnn(CC(=O)c3ccccn3)c(=O)c12. The Labute approximate surface area is 191 Å². The highest BCUT2D eigenvalue weighted by atomic mass is 31.2. The first-order chi connectivity index (χ1) is 16.0. The number of Topliss-reactive ketones (excluding diaryl/α,β-unsaturated/α-hetero) is 1. The lowest BCUT2D eigenvalue weighted by atomic mass is 9.94. The summed E-state index contributed by atoms with van der Waals surface area (Å²) in [6.45, 7) is 1.34. The Hall–Kier alpha value is -2.94. The van der Waals surface area contributed by atoms with Gasteiger partial charge in [0.25, 0.3) is 5.56 Å². The molecular formula is C22H26N5O5P. The lowest BCUT2D eigenvalue weighted by molar-refractivity contribution is 0.0961. The predicted octanol–water partition coefficient (Wildman–Crippen LogP) is 1.98. The van der Waals surface area contributed by atoms with Crippen LogP contribution in [0.2, 0.25) is 0 Å². The fourth-order valence-corrected chi connectivity index (χ4v) is 4.67. The number of nitrogens with zero attached hydrogens (tertiary/aromatic N) is 5. The highest BCUT2D eigenvalue weighted by Gasteiger charge is 2.23. The third-order valence-electron chi connectivity index (χ3n) is 5.90. The molecule has 1 fully saturated rings. The number of fused-ring (bicyclic) bond motifs is 1. The lowest BCUT2D eigenvalue weighted by Gasteiger charge is -2.33. The van der Waals surface area contributed by atoms with Crippen molar-refractivity contribution in [1.82, 2.24) is 19.7 Å². The Balaban J connectivity index is 1.56. The molecule has 3 aromatic rings. The van der Waals surface area contributed by atoms with E-state index in [-0.39, 0.29) is 29.3 Å². The quantitative estimate of drug-likeness (QED) is 0.374. The number of ketones is 1. The molecule has 0 unspecified atom stereocenters. The Morgan fingerprint density at radius 3 is 2.73 bits per heavy atom. The predicted molar refractivity (Wildman–Crippen MR) is 125 cm³/mol. The number of ether oxygens (including phenoxy) is 1. The fourth-order valence-electron chi connectivity index (χ4n) is 4.07. The van der Waals surface area contributed by atoms with Gasteiger partial charge in [0.05, 0.1) is 13.3 Å². The van der Waals surface area contributed by atoms with Crippen LogP contribution in [0, 0.1) is 5.92 Å². The van der Waals surface area contributed by atoms with E-state index in [4.69, 9.17) is 14.5 Å². The van der Waals surface area contributed by atoms with Crippen molar-refractivity contribution in [1.29, 1.82) is 0 Å². The number of aromatic nitrogens is 4. The molecule has 10 nitrogen and oxygen atoms in total. The second-order valence-electron chi connectivity index (χ2n) is 8.01. The van der Waals surface area contributed by atoms with Gasteiger partial charge in [0.2, 0.25) is 11.7 Å². The zero-order valence-corrected chi connectivity index (χ0v) is 19.2. The van der Waals surface area contributed by atoms with Gasteiger partial charge in [-0.25, -0.2) is 4.68 Å². The molecule has 0 aliphatic carbocycles. The number of piperidine rings is 1. The number of rotatable bonds is 8. The fraction of sp³-hybridized carbons (Fsp3) is 0.409. The second kappa shape index (κ2) is 10.3. The molecule has 1 aliphatic rings. The molecule has 0 atom stereocenters. The van der Waals surface area contributed by atoms with Crippen LogP contribution in [0.3, 0.4) is 0 Å². The Kier molecular flexibility index (Phi) is 7.27. The van der Waals surface area contributed by atoms with Gasteiger partial charge in [0.15, 0.2) is 8.38 Å². The van der Waals surface area contributed by atoms with E-state index < -0.39 is 13.9 Å². The van der Waals surface area contributed by atoms with Gasteiger partial charge in [-0.3, -0.25) is 14.6 Å². The molecule has 0 amide bonds. The molecule has 174 valence electrons. The number of carbonyl (C=O) groups excluding carboxylic acids is 1. The zero-order valence-electron chi connectivity index (χ0n) is 18.3. The monoisotopic (exact) mass is 471 g/mol. The topological polar surface area (TPSA) is 131 Å². The minimum atomic E-state index is -1.84. The van der Waals surface area contributed by atoms with Gasteiger partial charge >= 0.3 is 0 Å². The average molecular weight is 471 g/mol. The van der Waals surface area contributed by atoms with E-state index >= 15 is 0 Å². The van der Waals surface area contributed by atoms with Crippen LogP contribution in [-0.4, -0.2) is 61.7 Å². The molecule has 2 N–H and O–H groups in total. The van der Waals surface area contributed by atoms with Gasteiger partial charge in [-0.15, -0.1) is 0 Å². The van der Waals surface area contributed by atoms with E-state index in [1.165, 1.54) is 13.3 Å². The normalized spacial score (nSPS) is 14.7. The summed E-state index contributed by atoms with van der Waals surface area (Å²) in [4.78, 5) is 54.6. The number of hydrogen-bond acceptors (Lipinski definition) is 9. The number of methoxy groups -OCH3 is 1. The van der Waals surface area contributed by atoms with Crippen molar-refractivity contribution in [2.45, 2.75) is 25.8 Å². The average Bonchev–Trinajstić information content (AvgIpc) is 2.84. The van der Waals surface area contributed by atoms with Gasteiger partial charge in [0, 0.05) is 30.8 Å². The summed E-state index contributed by atoms with van der Waals surface area (Å²) in [5.74, 6) is 1.04. The summed E-state index contributed by atoms with van der Waals surface area (Å²) in [6.07, 6.45) is 6.19. The van der Waals surface area contributed by atoms with E-state index in [2.05, 4.69) is 20.0 Å². The summed E-state index contributed by atoms with van der Waals surface area (Å²) in [6, 6.07) is 6.84. The molecule has 0 aromatic carbocycles. The molecule has 33 heavy (non-hydrogen) atoms. The van der Waals surface area contributed by atoms with Gasteiger partial charge < -0.3 is 19.4 Å². The van der Waals surface area contributed by atoms with Crippen LogP contribution in [0.4, 0.5) is 5.82 Å². The number of anilines is 1. The van der Waals surface area contributed by atoms with Crippen molar-refractivity contribution in [3.8, 4) is 5.88 Å². The summed E-state index contributed by atoms with van der Waals surface area (Å²) in [5, 5.41) is 5.07. The molecule has 3 aromatic heterocycles. The van der Waals surface area contributed by atoms with Gasteiger partial charge in [-0.1, -0.05) is 6.07 Å². The summed E-state index contributed by atoms with van der Waals surface area (Å²) < 4.78 is 6.54. The van der Waals surface area contributed by atoms with E-state index in [0.717, 1.165) is 37.0 Å². The van der Waals surface area contributed by atoms with Crippen molar-refractivity contribution in [2.24, 2.45) is 5.92 Å². The molecule has 11 heteroatoms. The summed E-state index contributed by atoms with van der Waals surface area (Å²) in [7, 11) is -0.376. The first-order valence-corrected chi connectivity index (χ1v) is 12.2. The van der Waals surface area contributed by atoms with Crippen molar-refractivity contribution in [3.05, 3.63) is 52.7 Å². The third-order valence-corrected chi connectivity index (χ3v) is 6.56. The minimum absolute atomic E-state index is 0.197. The zero-order chi connectivity index (χ0) is 23.4.